The van der Waals surface area contributed by atoms with Crippen LogP contribution < -0.4 is 0 Å². The standard InChI is InChI=1S/C18H20N6O2S/c1-3-27(25,26)24-10-18(11-24,5-6-19)23-8-13(2)15(9-23)16-14-4-7-20-17(14)22-12-21-16/h4,7-9,12H,3,5,10-11H2,1-2H3,(H,20,21,22). The van der Waals surface area contributed by atoms with Crippen molar-refractivity contribution in [1.29, 1.82) is 5.26 Å². The number of aromatic nitrogens is 4. The Bertz CT molecular complexity index is 1150. The largest absolute Gasteiger partial charge is 0.346 e. The summed E-state index contributed by atoms with van der Waals surface area (Å²) >= 11 is 0. The second-order valence-electron chi connectivity index (χ2n) is 6.95. The second kappa shape index (κ2) is 6.18. The third-order valence-electron chi connectivity index (χ3n) is 5.29. The highest BCUT2D eigenvalue weighted by molar-refractivity contribution is 7.89. The number of aromatic amines is 1. The average Bonchev–Trinajstić information content (AvgIpc) is 3.24. The molecule has 1 N–H and O–H groups in total. The fraction of sp³-hybridized carbons (Fsp3) is 0.389. The van der Waals surface area contributed by atoms with Crippen LogP contribution in [0.25, 0.3) is 22.3 Å². The zero-order valence-electron chi connectivity index (χ0n) is 15.2. The van der Waals surface area contributed by atoms with E-state index in [-0.39, 0.29) is 12.2 Å². The van der Waals surface area contributed by atoms with E-state index in [1.54, 1.807) is 6.92 Å². The molecule has 0 amide bonds. The van der Waals surface area contributed by atoms with Crippen molar-refractivity contribution in [2.24, 2.45) is 0 Å². The topological polar surface area (TPSA) is 108 Å². The number of hydrogen-bond acceptors (Lipinski definition) is 5. The maximum absolute atomic E-state index is 12.1. The first-order valence-electron chi connectivity index (χ1n) is 8.72. The third-order valence-corrected chi connectivity index (χ3v) is 7.06. The molecule has 1 saturated heterocycles. The Morgan fingerprint density at radius 3 is 2.81 bits per heavy atom. The van der Waals surface area contributed by atoms with Crippen LogP contribution in [0.4, 0.5) is 0 Å². The molecule has 0 aliphatic carbocycles. The van der Waals surface area contributed by atoms with Crippen LogP contribution in [0.15, 0.2) is 31.0 Å². The Morgan fingerprint density at radius 1 is 1.33 bits per heavy atom. The summed E-state index contributed by atoms with van der Waals surface area (Å²) in [7, 11) is -3.25. The summed E-state index contributed by atoms with van der Waals surface area (Å²) in [6.45, 7) is 4.25. The van der Waals surface area contributed by atoms with E-state index in [1.807, 2.05) is 36.1 Å². The molecule has 0 atom stereocenters. The van der Waals surface area contributed by atoms with Gasteiger partial charge in [-0.05, 0) is 25.5 Å². The van der Waals surface area contributed by atoms with E-state index in [9.17, 15) is 13.7 Å². The van der Waals surface area contributed by atoms with E-state index in [4.69, 9.17) is 0 Å². The predicted molar refractivity (Wildman–Crippen MR) is 101 cm³/mol. The number of nitrogens with zero attached hydrogens (tertiary/aromatic N) is 5. The van der Waals surface area contributed by atoms with Crippen molar-refractivity contribution in [3.8, 4) is 17.3 Å². The number of sulfonamides is 1. The minimum Gasteiger partial charge on any atom is -0.346 e. The summed E-state index contributed by atoms with van der Waals surface area (Å²) in [4.78, 5) is 11.8. The summed E-state index contributed by atoms with van der Waals surface area (Å²) in [6, 6.07) is 4.16. The summed E-state index contributed by atoms with van der Waals surface area (Å²) < 4.78 is 27.7. The Balaban J connectivity index is 1.74. The molecule has 0 aromatic carbocycles. The van der Waals surface area contributed by atoms with Crippen LogP contribution in [0.3, 0.4) is 0 Å². The van der Waals surface area contributed by atoms with E-state index in [1.165, 1.54) is 10.6 Å². The summed E-state index contributed by atoms with van der Waals surface area (Å²) in [5, 5.41) is 10.3. The minimum absolute atomic E-state index is 0.0675. The van der Waals surface area contributed by atoms with E-state index in [0.29, 0.717) is 13.1 Å². The molecular formula is C18H20N6O2S. The molecule has 3 aromatic heterocycles. The van der Waals surface area contributed by atoms with Gasteiger partial charge in [-0.1, -0.05) is 0 Å². The Kier molecular flexibility index (Phi) is 4.05. The minimum atomic E-state index is -3.25. The maximum atomic E-state index is 12.1. The molecule has 0 saturated carbocycles. The molecule has 0 unspecified atom stereocenters. The molecule has 0 bridgehead atoms. The monoisotopic (exact) mass is 384 g/mol. The molecule has 1 aliphatic rings. The number of hydrogen-bond donors (Lipinski definition) is 1. The van der Waals surface area contributed by atoms with Crippen molar-refractivity contribution in [2.75, 3.05) is 18.8 Å². The van der Waals surface area contributed by atoms with E-state index < -0.39 is 15.6 Å². The van der Waals surface area contributed by atoms with Gasteiger partial charge >= 0.3 is 0 Å². The summed E-state index contributed by atoms with van der Waals surface area (Å²) in [6.07, 6.45) is 7.54. The van der Waals surface area contributed by atoms with Crippen LogP contribution in [0.5, 0.6) is 0 Å². The lowest BCUT2D eigenvalue weighted by Crippen LogP contribution is -2.63. The van der Waals surface area contributed by atoms with Gasteiger partial charge in [-0.3, -0.25) is 0 Å². The SMILES string of the molecule is CCS(=O)(=O)N1CC(CC#N)(n2cc(C)c(-c3ncnc4[nH]ccc34)c2)C1. The van der Waals surface area contributed by atoms with Gasteiger partial charge in [-0.15, -0.1) is 0 Å². The second-order valence-corrected chi connectivity index (χ2v) is 9.21. The quantitative estimate of drug-likeness (QED) is 0.724. The van der Waals surface area contributed by atoms with Crippen molar-refractivity contribution in [2.45, 2.75) is 25.8 Å². The Morgan fingerprint density at radius 2 is 2.11 bits per heavy atom. The number of fused-ring (bicyclic) bond motifs is 1. The van der Waals surface area contributed by atoms with Crippen LogP contribution in [-0.4, -0.2) is 51.1 Å². The third kappa shape index (κ3) is 2.72. The molecule has 1 aliphatic heterocycles. The van der Waals surface area contributed by atoms with E-state index in [2.05, 4.69) is 21.0 Å². The van der Waals surface area contributed by atoms with E-state index >= 15 is 0 Å². The number of aryl methyl sites for hydroxylation is 1. The molecule has 0 radical (unpaired) electrons. The van der Waals surface area contributed by atoms with Crippen molar-refractivity contribution < 1.29 is 8.42 Å². The normalized spacial score (nSPS) is 16.9. The molecule has 1 fully saturated rings. The molecule has 8 nitrogen and oxygen atoms in total. The molecular weight excluding hydrogens is 364 g/mol. The van der Waals surface area contributed by atoms with Crippen LogP contribution in [0.1, 0.15) is 18.9 Å². The lowest BCUT2D eigenvalue weighted by atomic mass is 9.89. The molecule has 4 rings (SSSR count). The highest BCUT2D eigenvalue weighted by Gasteiger charge is 2.49. The molecule has 9 heteroatoms. The van der Waals surface area contributed by atoms with Gasteiger partial charge < -0.3 is 9.55 Å². The number of nitrogens with one attached hydrogen (secondary N) is 1. The van der Waals surface area contributed by atoms with Gasteiger partial charge in [-0.2, -0.15) is 9.57 Å². The highest BCUT2D eigenvalue weighted by Crippen LogP contribution is 2.38. The Labute approximate surface area is 157 Å². The molecule has 4 heterocycles. The smallest absolute Gasteiger partial charge is 0.213 e. The first kappa shape index (κ1) is 17.7. The van der Waals surface area contributed by atoms with Gasteiger partial charge in [0.25, 0.3) is 0 Å². The van der Waals surface area contributed by atoms with Gasteiger partial charge in [0.1, 0.15) is 12.0 Å². The van der Waals surface area contributed by atoms with Crippen LogP contribution in [0.2, 0.25) is 0 Å². The number of H-pyrrole nitrogens is 1. The van der Waals surface area contributed by atoms with Crippen molar-refractivity contribution in [3.63, 3.8) is 0 Å². The van der Waals surface area contributed by atoms with Crippen LogP contribution in [0, 0.1) is 18.3 Å². The van der Waals surface area contributed by atoms with Crippen LogP contribution >= 0.6 is 0 Å². The van der Waals surface area contributed by atoms with Gasteiger partial charge in [0.05, 0.1) is 29.5 Å². The van der Waals surface area contributed by atoms with Gasteiger partial charge in [0, 0.05) is 42.6 Å². The predicted octanol–water partition coefficient (Wildman–Crippen LogP) is 2.01. The average molecular weight is 384 g/mol. The van der Waals surface area contributed by atoms with Crippen LogP contribution in [-0.2, 0) is 15.6 Å². The first-order chi connectivity index (χ1) is 12.9. The summed E-state index contributed by atoms with van der Waals surface area (Å²) in [5.74, 6) is 0.0675. The lowest BCUT2D eigenvalue weighted by molar-refractivity contribution is 0.0850. The number of rotatable bonds is 5. The van der Waals surface area contributed by atoms with Crippen molar-refractivity contribution in [1.82, 2.24) is 23.8 Å². The van der Waals surface area contributed by atoms with Gasteiger partial charge in [0.2, 0.25) is 10.0 Å². The molecule has 0 spiro atoms. The lowest BCUT2D eigenvalue weighted by Gasteiger charge is -2.49. The number of nitriles is 1. The molecule has 3 aromatic rings. The summed E-state index contributed by atoms with van der Waals surface area (Å²) in [5.41, 5.74) is 3.02. The van der Waals surface area contributed by atoms with Gasteiger partial charge in [-0.25, -0.2) is 18.4 Å². The highest BCUT2D eigenvalue weighted by atomic mass is 32.2. The molecule has 140 valence electrons. The van der Waals surface area contributed by atoms with Crippen molar-refractivity contribution in [3.05, 3.63) is 36.5 Å². The van der Waals surface area contributed by atoms with Crippen molar-refractivity contribution >= 4 is 21.1 Å². The van der Waals surface area contributed by atoms with E-state index in [0.717, 1.165) is 27.9 Å². The maximum Gasteiger partial charge on any atom is 0.213 e. The zero-order chi connectivity index (χ0) is 19.2. The van der Waals surface area contributed by atoms with Gasteiger partial charge in [0.15, 0.2) is 0 Å². The molecule has 27 heavy (non-hydrogen) atoms. The fourth-order valence-electron chi connectivity index (χ4n) is 3.67. The first-order valence-corrected chi connectivity index (χ1v) is 10.3. The Hall–Kier alpha value is -2.70. The zero-order valence-corrected chi connectivity index (χ0v) is 16.0. The fourth-order valence-corrected chi connectivity index (χ4v) is 4.91.